The number of anilines is 1. The number of amides is 1. The Kier molecular flexibility index (Phi) is 6.93. The van der Waals surface area contributed by atoms with Gasteiger partial charge in [0.25, 0.3) is 0 Å². The van der Waals surface area contributed by atoms with Crippen molar-refractivity contribution < 1.29 is 14.3 Å². The zero-order chi connectivity index (χ0) is 19.8. The number of carbonyl (C=O) groups excluding carboxylic acids is 1. The van der Waals surface area contributed by atoms with Crippen molar-refractivity contribution >= 4 is 23.2 Å². The van der Waals surface area contributed by atoms with Crippen molar-refractivity contribution in [2.24, 2.45) is 0 Å². The van der Waals surface area contributed by atoms with Gasteiger partial charge in [0.05, 0.1) is 6.61 Å². The van der Waals surface area contributed by atoms with Gasteiger partial charge in [0.2, 0.25) is 5.91 Å². The van der Waals surface area contributed by atoms with Gasteiger partial charge in [0.1, 0.15) is 17.2 Å². The molecule has 0 aliphatic rings. The van der Waals surface area contributed by atoms with Crippen LogP contribution in [0.25, 0.3) is 0 Å². The molecular weight excluding hydrogens is 374 g/mol. The van der Waals surface area contributed by atoms with Crippen LogP contribution in [0.3, 0.4) is 0 Å². The highest BCUT2D eigenvalue weighted by Gasteiger charge is 2.04. The highest BCUT2D eigenvalue weighted by molar-refractivity contribution is 6.31. The van der Waals surface area contributed by atoms with E-state index in [0.29, 0.717) is 24.5 Å². The Labute approximate surface area is 170 Å². The van der Waals surface area contributed by atoms with E-state index in [4.69, 9.17) is 21.1 Å². The number of ether oxygens (including phenoxy) is 2. The van der Waals surface area contributed by atoms with E-state index >= 15 is 0 Å². The number of benzene rings is 3. The monoisotopic (exact) mass is 395 g/mol. The molecule has 0 aliphatic heterocycles. The van der Waals surface area contributed by atoms with E-state index in [0.717, 1.165) is 28.5 Å². The molecule has 0 radical (unpaired) electrons. The normalized spacial score (nSPS) is 10.4. The first-order chi connectivity index (χ1) is 13.6. The average Bonchev–Trinajstić information content (AvgIpc) is 2.70. The van der Waals surface area contributed by atoms with Gasteiger partial charge in [-0.1, -0.05) is 29.8 Å². The second-order valence-electron chi connectivity index (χ2n) is 6.35. The Morgan fingerprint density at radius 3 is 2.32 bits per heavy atom. The number of aryl methyl sites for hydroxylation is 1. The van der Waals surface area contributed by atoms with Crippen molar-refractivity contribution in [2.75, 3.05) is 11.9 Å². The molecule has 0 atom stereocenters. The van der Waals surface area contributed by atoms with Crippen LogP contribution < -0.4 is 14.8 Å². The number of halogens is 1. The standard InChI is InChI=1S/C23H22ClNO3/c1-17-16-21(13-14-22(17)24)27-15-5-8-23(26)25-18-9-11-20(12-10-18)28-19-6-3-2-4-7-19/h2-4,6-7,9-14,16H,5,8,15H2,1H3,(H,25,26). The predicted octanol–water partition coefficient (Wildman–Crippen LogP) is 6.24. The Hall–Kier alpha value is -2.98. The van der Waals surface area contributed by atoms with Gasteiger partial charge in [-0.15, -0.1) is 0 Å². The fourth-order valence-corrected chi connectivity index (χ4v) is 2.70. The Morgan fingerprint density at radius 1 is 0.929 bits per heavy atom. The van der Waals surface area contributed by atoms with E-state index < -0.39 is 0 Å². The summed E-state index contributed by atoms with van der Waals surface area (Å²) in [5.41, 5.74) is 1.70. The third-order valence-electron chi connectivity index (χ3n) is 4.06. The summed E-state index contributed by atoms with van der Waals surface area (Å²) in [5, 5.41) is 3.60. The topological polar surface area (TPSA) is 47.6 Å². The summed E-state index contributed by atoms with van der Waals surface area (Å²) < 4.78 is 11.4. The first-order valence-electron chi connectivity index (χ1n) is 9.12. The molecule has 4 nitrogen and oxygen atoms in total. The molecule has 1 N–H and O–H groups in total. The maximum atomic E-state index is 12.1. The fourth-order valence-electron chi connectivity index (χ4n) is 2.58. The molecule has 0 heterocycles. The maximum absolute atomic E-state index is 12.1. The lowest BCUT2D eigenvalue weighted by atomic mass is 10.2. The number of para-hydroxylation sites is 1. The molecule has 0 bridgehead atoms. The molecule has 3 rings (SSSR count). The lowest BCUT2D eigenvalue weighted by molar-refractivity contribution is -0.116. The van der Waals surface area contributed by atoms with Crippen LogP contribution in [0.4, 0.5) is 5.69 Å². The van der Waals surface area contributed by atoms with Crippen LogP contribution in [0, 0.1) is 6.92 Å². The second kappa shape index (κ2) is 9.81. The molecule has 0 spiro atoms. The van der Waals surface area contributed by atoms with E-state index in [1.54, 1.807) is 0 Å². The van der Waals surface area contributed by atoms with Crippen molar-refractivity contribution in [3.05, 3.63) is 83.4 Å². The van der Waals surface area contributed by atoms with E-state index in [1.165, 1.54) is 0 Å². The average molecular weight is 396 g/mol. The van der Waals surface area contributed by atoms with Crippen LogP contribution in [0.5, 0.6) is 17.2 Å². The molecule has 0 unspecified atom stereocenters. The molecule has 1 amide bonds. The van der Waals surface area contributed by atoms with E-state index in [-0.39, 0.29) is 5.91 Å². The third kappa shape index (κ3) is 6.03. The Balaban J connectivity index is 1.40. The van der Waals surface area contributed by atoms with Crippen LogP contribution >= 0.6 is 11.6 Å². The summed E-state index contributed by atoms with van der Waals surface area (Å²) in [4.78, 5) is 12.1. The first kappa shape index (κ1) is 19.8. The number of nitrogens with one attached hydrogen (secondary N) is 1. The molecule has 3 aromatic rings. The van der Waals surface area contributed by atoms with Crippen molar-refractivity contribution in [1.29, 1.82) is 0 Å². The molecular formula is C23H22ClNO3. The lowest BCUT2D eigenvalue weighted by Crippen LogP contribution is -2.12. The van der Waals surface area contributed by atoms with E-state index in [9.17, 15) is 4.79 Å². The number of rotatable bonds is 8. The molecule has 5 heteroatoms. The van der Waals surface area contributed by atoms with Crippen molar-refractivity contribution in [3.8, 4) is 17.2 Å². The third-order valence-corrected chi connectivity index (χ3v) is 4.49. The van der Waals surface area contributed by atoms with Crippen molar-refractivity contribution in [1.82, 2.24) is 0 Å². The minimum absolute atomic E-state index is 0.0485. The molecule has 0 saturated heterocycles. The summed E-state index contributed by atoms with van der Waals surface area (Å²) in [7, 11) is 0. The molecule has 144 valence electrons. The summed E-state index contributed by atoms with van der Waals surface area (Å²) in [6.07, 6.45) is 1.01. The van der Waals surface area contributed by atoms with E-state index in [1.807, 2.05) is 79.7 Å². The molecule has 0 fully saturated rings. The molecule has 0 aromatic heterocycles. The van der Waals surface area contributed by atoms with Crippen LogP contribution in [0.15, 0.2) is 72.8 Å². The summed E-state index contributed by atoms with van der Waals surface area (Å²) in [6.45, 7) is 2.40. The van der Waals surface area contributed by atoms with Crippen molar-refractivity contribution in [3.63, 3.8) is 0 Å². The summed E-state index contributed by atoms with van der Waals surface area (Å²) in [5.74, 6) is 2.20. The molecule has 0 saturated carbocycles. The van der Waals surface area contributed by atoms with Gasteiger partial charge in [0, 0.05) is 17.1 Å². The van der Waals surface area contributed by atoms with Crippen LogP contribution in [0.2, 0.25) is 5.02 Å². The highest BCUT2D eigenvalue weighted by Crippen LogP contribution is 2.23. The van der Waals surface area contributed by atoms with Gasteiger partial charge < -0.3 is 14.8 Å². The fraction of sp³-hybridized carbons (Fsp3) is 0.174. The second-order valence-corrected chi connectivity index (χ2v) is 6.76. The Bertz CT molecular complexity index is 911. The smallest absolute Gasteiger partial charge is 0.224 e. The molecule has 3 aromatic carbocycles. The predicted molar refractivity (Wildman–Crippen MR) is 113 cm³/mol. The number of hydrogen-bond donors (Lipinski definition) is 1. The van der Waals surface area contributed by atoms with Crippen LogP contribution in [0.1, 0.15) is 18.4 Å². The van der Waals surface area contributed by atoms with Gasteiger partial charge in [-0.25, -0.2) is 0 Å². The first-order valence-corrected chi connectivity index (χ1v) is 9.50. The van der Waals surface area contributed by atoms with E-state index in [2.05, 4.69) is 5.32 Å². The quantitative estimate of drug-likeness (QED) is 0.459. The highest BCUT2D eigenvalue weighted by atomic mass is 35.5. The summed E-state index contributed by atoms with van der Waals surface area (Å²) in [6, 6.07) is 22.4. The Morgan fingerprint density at radius 2 is 1.61 bits per heavy atom. The SMILES string of the molecule is Cc1cc(OCCCC(=O)Nc2ccc(Oc3ccccc3)cc2)ccc1Cl. The molecule has 0 aliphatic carbocycles. The lowest BCUT2D eigenvalue weighted by Gasteiger charge is -2.09. The van der Waals surface area contributed by atoms with Gasteiger partial charge in [-0.3, -0.25) is 4.79 Å². The van der Waals surface area contributed by atoms with Crippen LogP contribution in [-0.2, 0) is 4.79 Å². The zero-order valence-corrected chi connectivity index (χ0v) is 16.4. The van der Waals surface area contributed by atoms with Crippen molar-refractivity contribution in [2.45, 2.75) is 19.8 Å². The number of hydrogen-bond acceptors (Lipinski definition) is 3. The largest absolute Gasteiger partial charge is 0.494 e. The minimum Gasteiger partial charge on any atom is -0.494 e. The maximum Gasteiger partial charge on any atom is 0.224 e. The molecule has 28 heavy (non-hydrogen) atoms. The van der Waals surface area contributed by atoms with Crippen LogP contribution in [-0.4, -0.2) is 12.5 Å². The minimum atomic E-state index is -0.0485. The zero-order valence-electron chi connectivity index (χ0n) is 15.7. The van der Waals surface area contributed by atoms with Gasteiger partial charge in [-0.2, -0.15) is 0 Å². The number of carbonyl (C=O) groups is 1. The van der Waals surface area contributed by atoms with Gasteiger partial charge in [0.15, 0.2) is 0 Å². The van der Waals surface area contributed by atoms with Gasteiger partial charge in [-0.05, 0) is 73.5 Å². The van der Waals surface area contributed by atoms with Gasteiger partial charge >= 0.3 is 0 Å². The summed E-state index contributed by atoms with van der Waals surface area (Å²) >= 11 is 5.99.